The number of allylic oxidation sites excluding steroid dienone is 1. The molecule has 1 saturated heterocycles. The fourth-order valence-electron chi connectivity index (χ4n) is 5.77. The summed E-state index contributed by atoms with van der Waals surface area (Å²) in [6, 6.07) is 0. The van der Waals surface area contributed by atoms with E-state index in [2.05, 4.69) is 13.8 Å². The Labute approximate surface area is 146 Å². The summed E-state index contributed by atoms with van der Waals surface area (Å²) in [5.74, 6) is -0.529. The third-order valence-electron chi connectivity index (χ3n) is 6.85. The van der Waals surface area contributed by atoms with Crippen LogP contribution in [0.2, 0.25) is 0 Å². The Hall–Kier alpha value is -2.04. The maximum absolute atomic E-state index is 12.7. The van der Waals surface area contributed by atoms with Gasteiger partial charge in [-0.25, -0.2) is 4.79 Å². The van der Waals surface area contributed by atoms with Crippen LogP contribution < -0.4 is 0 Å². The molecule has 5 rings (SSSR count). The van der Waals surface area contributed by atoms with Gasteiger partial charge in [-0.2, -0.15) is 0 Å². The van der Waals surface area contributed by atoms with Crippen LogP contribution in [0.15, 0.2) is 34.6 Å². The second kappa shape index (κ2) is 4.57. The van der Waals surface area contributed by atoms with Gasteiger partial charge in [0.05, 0.1) is 12.2 Å². The summed E-state index contributed by atoms with van der Waals surface area (Å²) in [7, 11) is 0. The van der Waals surface area contributed by atoms with Crippen LogP contribution in [0.4, 0.5) is 0 Å². The van der Waals surface area contributed by atoms with Crippen molar-refractivity contribution in [2.75, 3.05) is 0 Å². The van der Waals surface area contributed by atoms with Crippen molar-refractivity contribution in [1.29, 1.82) is 0 Å². The van der Waals surface area contributed by atoms with Crippen LogP contribution in [-0.4, -0.2) is 23.8 Å². The normalized spacial score (nSPS) is 41.8. The van der Waals surface area contributed by atoms with Gasteiger partial charge in [0.25, 0.3) is 6.29 Å². The predicted molar refractivity (Wildman–Crippen MR) is 87.9 cm³/mol. The molecule has 5 heteroatoms. The minimum absolute atomic E-state index is 0.0232. The minimum atomic E-state index is -0.699. The summed E-state index contributed by atoms with van der Waals surface area (Å²) < 4.78 is 16.9. The van der Waals surface area contributed by atoms with Crippen molar-refractivity contribution in [2.45, 2.75) is 58.3 Å². The molecule has 0 aromatic carbocycles. The van der Waals surface area contributed by atoms with Gasteiger partial charge in [-0.05, 0) is 43.8 Å². The molecule has 3 aliphatic carbocycles. The molecule has 3 fully saturated rings. The van der Waals surface area contributed by atoms with E-state index in [1.807, 2.05) is 0 Å². The van der Waals surface area contributed by atoms with E-state index in [0.717, 1.165) is 31.3 Å². The van der Waals surface area contributed by atoms with E-state index < -0.39 is 11.9 Å². The third-order valence-corrected chi connectivity index (χ3v) is 6.85. The molecule has 2 saturated carbocycles. The van der Waals surface area contributed by atoms with E-state index in [1.165, 1.54) is 11.1 Å². The molecule has 132 valence electrons. The summed E-state index contributed by atoms with van der Waals surface area (Å²) in [5.41, 5.74) is 3.61. The van der Waals surface area contributed by atoms with Crippen LogP contribution in [0.3, 0.4) is 0 Å². The molecule has 2 heterocycles. The van der Waals surface area contributed by atoms with Gasteiger partial charge < -0.3 is 14.2 Å². The summed E-state index contributed by atoms with van der Waals surface area (Å²) >= 11 is 0. The first-order valence-electron chi connectivity index (χ1n) is 9.06. The lowest BCUT2D eigenvalue weighted by Gasteiger charge is -2.49. The van der Waals surface area contributed by atoms with E-state index >= 15 is 0 Å². The Kier molecular flexibility index (Phi) is 2.78. The fraction of sp³-hybridized carbons (Fsp3) is 0.600. The Balaban J connectivity index is 1.53. The third kappa shape index (κ3) is 1.69. The van der Waals surface area contributed by atoms with Crippen LogP contribution in [0.5, 0.6) is 0 Å². The number of ether oxygens (including phenoxy) is 3. The standard InChI is InChI=1S/C20H22O5/c1-10-7-15(24-17(10)21)23-9-12-11-8-14-16(12)18(22)25-20(14)13(11)5-4-6-19(20,2)3/h7,9,14-16H,4-6,8H2,1-3H3/b12-9+/t14-,15+,16?,20+/m0/s1. The SMILES string of the molecule is CC1=C[C@H](O/C=C2\C3=C4CCCC(C)(C)[C@@]45OC(=O)C2[C@@H]5C3)OC1=O. The molecule has 0 N–H and O–H groups in total. The average molecular weight is 342 g/mol. The number of hydrogen-bond acceptors (Lipinski definition) is 5. The molecular weight excluding hydrogens is 320 g/mol. The number of carbonyl (C=O) groups excluding carboxylic acids is 2. The zero-order valence-corrected chi connectivity index (χ0v) is 14.8. The molecule has 0 aromatic rings. The van der Waals surface area contributed by atoms with Crippen molar-refractivity contribution in [1.82, 2.24) is 0 Å². The Morgan fingerprint density at radius 2 is 2.12 bits per heavy atom. The number of cyclic esters (lactones) is 1. The zero-order valence-electron chi connectivity index (χ0n) is 14.8. The molecule has 2 bridgehead atoms. The smallest absolute Gasteiger partial charge is 0.336 e. The zero-order chi connectivity index (χ0) is 17.6. The lowest BCUT2D eigenvalue weighted by molar-refractivity contribution is -0.159. The van der Waals surface area contributed by atoms with E-state index in [4.69, 9.17) is 14.2 Å². The van der Waals surface area contributed by atoms with Crippen molar-refractivity contribution < 1.29 is 23.8 Å². The maximum atomic E-state index is 12.7. The highest BCUT2D eigenvalue weighted by Crippen LogP contribution is 2.70. The van der Waals surface area contributed by atoms with Crippen LogP contribution in [0, 0.1) is 17.3 Å². The van der Waals surface area contributed by atoms with Crippen molar-refractivity contribution in [3.63, 3.8) is 0 Å². The van der Waals surface area contributed by atoms with E-state index in [-0.39, 0.29) is 29.2 Å². The first kappa shape index (κ1) is 15.2. The minimum Gasteiger partial charge on any atom is -0.458 e. The van der Waals surface area contributed by atoms with Gasteiger partial charge in [-0.15, -0.1) is 0 Å². The van der Waals surface area contributed by atoms with Crippen LogP contribution in [-0.2, 0) is 23.8 Å². The second-order valence-electron chi connectivity index (χ2n) is 8.47. The maximum Gasteiger partial charge on any atom is 0.336 e. The molecule has 0 amide bonds. The van der Waals surface area contributed by atoms with Crippen molar-refractivity contribution >= 4 is 11.9 Å². The van der Waals surface area contributed by atoms with Crippen LogP contribution >= 0.6 is 0 Å². The van der Waals surface area contributed by atoms with Gasteiger partial charge in [-0.1, -0.05) is 13.8 Å². The largest absolute Gasteiger partial charge is 0.458 e. The summed E-state index contributed by atoms with van der Waals surface area (Å²) in [6.45, 7) is 6.16. The number of fused-ring (bicyclic) bond motifs is 1. The quantitative estimate of drug-likeness (QED) is 0.570. The van der Waals surface area contributed by atoms with Crippen LogP contribution in [0.1, 0.15) is 46.5 Å². The van der Waals surface area contributed by atoms with Crippen molar-refractivity contribution in [2.24, 2.45) is 17.3 Å². The predicted octanol–water partition coefficient (Wildman–Crippen LogP) is 3.17. The van der Waals surface area contributed by atoms with Gasteiger partial charge in [0.2, 0.25) is 0 Å². The van der Waals surface area contributed by atoms with Crippen molar-refractivity contribution in [3.8, 4) is 0 Å². The van der Waals surface area contributed by atoms with Gasteiger partial charge in [0, 0.05) is 28.6 Å². The second-order valence-corrected chi connectivity index (χ2v) is 8.47. The van der Waals surface area contributed by atoms with Gasteiger partial charge in [0.1, 0.15) is 5.60 Å². The molecule has 25 heavy (non-hydrogen) atoms. The van der Waals surface area contributed by atoms with Crippen LogP contribution in [0.25, 0.3) is 0 Å². The highest BCUT2D eigenvalue weighted by molar-refractivity contribution is 5.90. The fourth-order valence-corrected chi connectivity index (χ4v) is 5.77. The first-order chi connectivity index (χ1) is 11.8. The Bertz CT molecular complexity index is 799. The van der Waals surface area contributed by atoms with Gasteiger partial charge in [-0.3, -0.25) is 4.79 Å². The number of carbonyl (C=O) groups is 2. The molecule has 0 radical (unpaired) electrons. The lowest BCUT2D eigenvalue weighted by Crippen LogP contribution is -2.52. The molecule has 4 atom stereocenters. The molecule has 2 aliphatic heterocycles. The van der Waals surface area contributed by atoms with E-state index in [1.54, 1.807) is 19.3 Å². The average Bonchev–Trinajstić information content (AvgIpc) is 3.21. The van der Waals surface area contributed by atoms with Gasteiger partial charge >= 0.3 is 11.9 Å². The van der Waals surface area contributed by atoms with Gasteiger partial charge in [0.15, 0.2) is 0 Å². The van der Waals surface area contributed by atoms with E-state index in [9.17, 15) is 9.59 Å². The van der Waals surface area contributed by atoms with E-state index in [0.29, 0.717) is 5.57 Å². The summed E-state index contributed by atoms with van der Waals surface area (Å²) in [6.07, 6.45) is 6.68. The Morgan fingerprint density at radius 1 is 1.32 bits per heavy atom. The molecular formula is C20H22O5. The Morgan fingerprint density at radius 3 is 2.84 bits per heavy atom. The molecule has 5 aliphatic rings. The number of rotatable bonds is 2. The summed E-state index contributed by atoms with van der Waals surface area (Å²) in [4.78, 5) is 24.2. The molecule has 5 nitrogen and oxygen atoms in total. The lowest BCUT2D eigenvalue weighted by atomic mass is 9.57. The topological polar surface area (TPSA) is 61.8 Å². The number of esters is 2. The molecule has 1 spiro atoms. The summed E-state index contributed by atoms with van der Waals surface area (Å²) in [5, 5.41) is 0. The monoisotopic (exact) mass is 342 g/mol. The van der Waals surface area contributed by atoms with Crippen molar-refractivity contribution in [3.05, 3.63) is 34.6 Å². The highest BCUT2D eigenvalue weighted by atomic mass is 16.7. The molecule has 0 aromatic heterocycles. The highest BCUT2D eigenvalue weighted by Gasteiger charge is 2.72. The molecule has 1 unspecified atom stereocenters. The number of hydrogen-bond donors (Lipinski definition) is 0. The first-order valence-corrected chi connectivity index (χ1v) is 9.06.